The molecule has 0 aromatic rings. The first-order valence-electron chi connectivity index (χ1n) is 6.17. The van der Waals surface area contributed by atoms with Gasteiger partial charge in [-0.25, -0.2) is 0 Å². The third-order valence-electron chi connectivity index (χ3n) is 4.71. The van der Waals surface area contributed by atoms with Crippen LogP contribution in [-0.4, -0.2) is 12.6 Å². The normalized spacial score (nSPS) is 42.8. The summed E-state index contributed by atoms with van der Waals surface area (Å²) in [6.07, 6.45) is 11.9. The molecule has 0 spiro atoms. The molecule has 14 heavy (non-hydrogen) atoms. The van der Waals surface area contributed by atoms with E-state index in [-0.39, 0.29) is 0 Å². The quantitative estimate of drug-likeness (QED) is 0.676. The second-order valence-corrected chi connectivity index (χ2v) is 5.89. The van der Waals surface area contributed by atoms with E-state index in [1.165, 1.54) is 38.6 Å². The van der Waals surface area contributed by atoms with Crippen molar-refractivity contribution in [2.75, 3.05) is 6.54 Å². The third kappa shape index (κ3) is 1.33. The number of fused-ring (bicyclic) bond motifs is 1. The highest BCUT2D eigenvalue weighted by atomic mass is 15.0. The number of rotatable bonds is 3. The van der Waals surface area contributed by atoms with Gasteiger partial charge in [0, 0.05) is 12.6 Å². The minimum absolute atomic E-state index is 0.646. The molecule has 3 unspecified atom stereocenters. The van der Waals surface area contributed by atoms with E-state index in [9.17, 15) is 0 Å². The maximum absolute atomic E-state index is 3.78. The van der Waals surface area contributed by atoms with Gasteiger partial charge in [0.05, 0.1) is 0 Å². The fourth-order valence-electron chi connectivity index (χ4n) is 3.28. The van der Waals surface area contributed by atoms with Gasteiger partial charge in [-0.1, -0.05) is 25.5 Å². The molecule has 1 heteroatoms. The van der Waals surface area contributed by atoms with Crippen molar-refractivity contribution in [1.29, 1.82) is 0 Å². The minimum atomic E-state index is 0.646. The lowest BCUT2D eigenvalue weighted by Crippen LogP contribution is -2.51. The Balaban J connectivity index is 1.47. The maximum Gasteiger partial charge on any atom is 0.0136 e. The molecule has 0 radical (unpaired) electrons. The predicted octanol–water partition coefficient (Wildman–Crippen LogP) is 2.73. The monoisotopic (exact) mass is 191 g/mol. The molecule has 3 rings (SSSR count). The van der Waals surface area contributed by atoms with Crippen molar-refractivity contribution >= 4 is 0 Å². The maximum atomic E-state index is 3.78. The first kappa shape index (κ1) is 8.96. The van der Waals surface area contributed by atoms with E-state index in [0.29, 0.717) is 5.41 Å². The molecule has 3 aliphatic rings. The lowest BCUT2D eigenvalue weighted by molar-refractivity contribution is 0.106. The Morgan fingerprint density at radius 2 is 2.29 bits per heavy atom. The van der Waals surface area contributed by atoms with Gasteiger partial charge >= 0.3 is 0 Å². The molecule has 1 nitrogen and oxygen atoms in total. The highest BCUT2D eigenvalue weighted by molar-refractivity contribution is 5.13. The topological polar surface area (TPSA) is 12.0 Å². The fraction of sp³-hybridized carbons (Fsp3) is 0.846. The standard InChI is InChI=1S/C13H21N/c1-13(6-3-7-13)9-14-12-8-10-4-2-5-11(10)12/h2,5,10-12,14H,3-4,6-9H2,1H3. The van der Waals surface area contributed by atoms with Crippen LogP contribution in [0.4, 0.5) is 0 Å². The highest BCUT2D eigenvalue weighted by Crippen LogP contribution is 2.44. The lowest BCUT2D eigenvalue weighted by atomic mass is 9.68. The molecule has 3 aliphatic carbocycles. The van der Waals surface area contributed by atoms with Crippen molar-refractivity contribution < 1.29 is 0 Å². The van der Waals surface area contributed by atoms with Crippen LogP contribution in [0.25, 0.3) is 0 Å². The summed E-state index contributed by atoms with van der Waals surface area (Å²) in [6.45, 7) is 3.69. The highest BCUT2D eigenvalue weighted by Gasteiger charge is 2.42. The van der Waals surface area contributed by atoms with Gasteiger partial charge in [0.1, 0.15) is 0 Å². The number of hydrogen-bond acceptors (Lipinski definition) is 1. The van der Waals surface area contributed by atoms with Gasteiger partial charge < -0.3 is 5.32 Å². The van der Waals surface area contributed by atoms with Gasteiger partial charge in [0.15, 0.2) is 0 Å². The van der Waals surface area contributed by atoms with Crippen molar-refractivity contribution in [3.63, 3.8) is 0 Å². The molecule has 1 N–H and O–H groups in total. The molecule has 3 atom stereocenters. The molecular formula is C13H21N. The summed E-state index contributed by atoms with van der Waals surface area (Å²) in [5.74, 6) is 1.89. The summed E-state index contributed by atoms with van der Waals surface area (Å²) in [5.41, 5.74) is 0.646. The summed E-state index contributed by atoms with van der Waals surface area (Å²) in [5, 5.41) is 3.78. The number of allylic oxidation sites excluding steroid dienone is 1. The molecule has 0 saturated heterocycles. The molecule has 0 aliphatic heterocycles. The van der Waals surface area contributed by atoms with E-state index < -0.39 is 0 Å². The average molecular weight is 191 g/mol. The number of hydrogen-bond donors (Lipinski definition) is 1. The Morgan fingerprint density at radius 1 is 1.43 bits per heavy atom. The van der Waals surface area contributed by atoms with Crippen LogP contribution in [0.5, 0.6) is 0 Å². The lowest BCUT2D eigenvalue weighted by Gasteiger charge is -2.45. The van der Waals surface area contributed by atoms with Crippen LogP contribution in [0.15, 0.2) is 12.2 Å². The fourth-order valence-corrected chi connectivity index (χ4v) is 3.28. The Hall–Kier alpha value is -0.300. The molecule has 2 saturated carbocycles. The zero-order valence-corrected chi connectivity index (χ0v) is 9.13. The Kier molecular flexibility index (Phi) is 1.98. The van der Waals surface area contributed by atoms with Crippen LogP contribution in [0, 0.1) is 17.3 Å². The predicted molar refractivity (Wildman–Crippen MR) is 59.1 cm³/mol. The average Bonchev–Trinajstić information content (AvgIpc) is 2.45. The van der Waals surface area contributed by atoms with Crippen LogP contribution in [0.1, 0.15) is 39.0 Å². The van der Waals surface area contributed by atoms with Crippen LogP contribution in [0.3, 0.4) is 0 Å². The van der Waals surface area contributed by atoms with Crippen LogP contribution < -0.4 is 5.32 Å². The molecule has 0 bridgehead atoms. The van der Waals surface area contributed by atoms with Gasteiger partial charge in [-0.15, -0.1) is 0 Å². The van der Waals surface area contributed by atoms with Gasteiger partial charge in [0.25, 0.3) is 0 Å². The smallest absolute Gasteiger partial charge is 0.0136 e. The summed E-state index contributed by atoms with van der Waals surface area (Å²) in [4.78, 5) is 0. The zero-order chi connectivity index (χ0) is 9.60. The van der Waals surface area contributed by atoms with E-state index >= 15 is 0 Å². The Bertz CT molecular complexity index is 252. The number of nitrogens with one attached hydrogen (secondary N) is 1. The van der Waals surface area contributed by atoms with E-state index in [1.807, 2.05) is 0 Å². The van der Waals surface area contributed by atoms with Crippen molar-refractivity contribution in [3.8, 4) is 0 Å². The molecule has 0 amide bonds. The first-order chi connectivity index (χ1) is 6.77. The largest absolute Gasteiger partial charge is 0.313 e. The summed E-state index contributed by atoms with van der Waals surface area (Å²) in [6, 6.07) is 0.816. The SMILES string of the molecule is CC1(CNC2CC3CC=CC32)CCC1. The van der Waals surface area contributed by atoms with Crippen LogP contribution >= 0.6 is 0 Å². The van der Waals surface area contributed by atoms with Gasteiger partial charge in [-0.3, -0.25) is 0 Å². The second-order valence-electron chi connectivity index (χ2n) is 5.89. The Morgan fingerprint density at radius 3 is 2.93 bits per heavy atom. The summed E-state index contributed by atoms with van der Waals surface area (Å²) in [7, 11) is 0. The van der Waals surface area contributed by atoms with E-state index in [1.54, 1.807) is 0 Å². The molecule has 78 valence electrons. The van der Waals surface area contributed by atoms with Gasteiger partial charge in [-0.05, 0) is 42.9 Å². The van der Waals surface area contributed by atoms with Gasteiger partial charge in [0.2, 0.25) is 0 Å². The molecule has 0 aromatic carbocycles. The van der Waals surface area contributed by atoms with E-state index in [4.69, 9.17) is 0 Å². The summed E-state index contributed by atoms with van der Waals surface area (Å²) < 4.78 is 0. The van der Waals surface area contributed by atoms with E-state index in [2.05, 4.69) is 24.4 Å². The van der Waals surface area contributed by atoms with Crippen LogP contribution in [0.2, 0.25) is 0 Å². The van der Waals surface area contributed by atoms with Crippen LogP contribution in [-0.2, 0) is 0 Å². The third-order valence-corrected chi connectivity index (χ3v) is 4.71. The zero-order valence-electron chi connectivity index (χ0n) is 9.13. The van der Waals surface area contributed by atoms with Crippen molar-refractivity contribution in [2.24, 2.45) is 17.3 Å². The van der Waals surface area contributed by atoms with Crippen molar-refractivity contribution in [1.82, 2.24) is 5.32 Å². The Labute approximate surface area is 87.0 Å². The first-order valence-corrected chi connectivity index (χ1v) is 6.17. The van der Waals surface area contributed by atoms with E-state index in [0.717, 1.165) is 17.9 Å². The summed E-state index contributed by atoms with van der Waals surface area (Å²) >= 11 is 0. The molecular weight excluding hydrogens is 170 g/mol. The minimum Gasteiger partial charge on any atom is -0.313 e. The van der Waals surface area contributed by atoms with Gasteiger partial charge in [-0.2, -0.15) is 0 Å². The molecule has 2 fully saturated rings. The second kappa shape index (κ2) is 3.10. The molecule has 0 heterocycles. The van der Waals surface area contributed by atoms with Crippen molar-refractivity contribution in [3.05, 3.63) is 12.2 Å². The van der Waals surface area contributed by atoms with Crippen molar-refractivity contribution in [2.45, 2.75) is 45.1 Å². The molecule has 0 aromatic heterocycles.